The van der Waals surface area contributed by atoms with E-state index in [2.05, 4.69) is 0 Å². The van der Waals surface area contributed by atoms with Gasteiger partial charge in [0.05, 0.1) is 31.4 Å². The molecule has 0 saturated heterocycles. The lowest BCUT2D eigenvalue weighted by Crippen LogP contribution is -2.37. The van der Waals surface area contributed by atoms with Gasteiger partial charge in [-0.2, -0.15) is 0 Å². The molecule has 0 spiro atoms. The Bertz CT molecular complexity index is 670. The number of hydrogen-bond donors (Lipinski definition) is 1. The molecule has 136 valence electrons. The minimum atomic E-state index is -0.441. The lowest BCUT2D eigenvalue weighted by atomic mass is 10.0. The van der Waals surface area contributed by atoms with Crippen molar-refractivity contribution in [2.45, 2.75) is 20.0 Å². The van der Waals surface area contributed by atoms with E-state index in [0.717, 1.165) is 4.90 Å². The van der Waals surface area contributed by atoms with Crippen LogP contribution in [0.25, 0.3) is 5.57 Å². The van der Waals surface area contributed by atoms with Crippen LogP contribution >= 0.6 is 0 Å². The largest absolute Gasteiger partial charge is 0.395 e. The van der Waals surface area contributed by atoms with Crippen molar-refractivity contribution in [3.63, 3.8) is 0 Å². The highest BCUT2D eigenvalue weighted by Gasteiger charge is 2.40. The molecule has 0 unspecified atom stereocenters. The summed E-state index contributed by atoms with van der Waals surface area (Å²) >= 11 is 0. The first-order valence-corrected chi connectivity index (χ1v) is 8.16. The second kappa shape index (κ2) is 8.22. The first kappa shape index (κ1) is 19.1. The molecule has 0 fully saturated rings. The van der Waals surface area contributed by atoms with Crippen LogP contribution in [0.2, 0.25) is 0 Å². The highest BCUT2D eigenvalue weighted by Crippen LogP contribution is 2.31. The summed E-state index contributed by atoms with van der Waals surface area (Å²) < 4.78 is 18.6. The highest BCUT2D eigenvalue weighted by atomic mass is 19.1. The van der Waals surface area contributed by atoms with Gasteiger partial charge >= 0.3 is 0 Å². The molecule has 1 N–H and O–H groups in total. The van der Waals surface area contributed by atoms with Gasteiger partial charge in [-0.25, -0.2) is 4.39 Å². The number of aliphatic hydroxyl groups excluding tert-OH is 1. The number of aliphatic hydroxyl groups is 1. The molecule has 0 radical (unpaired) electrons. The van der Waals surface area contributed by atoms with Gasteiger partial charge in [-0.05, 0) is 31.5 Å². The number of carbonyl (C=O) groups is 2. The molecule has 1 aliphatic heterocycles. The predicted molar refractivity (Wildman–Crippen MR) is 90.8 cm³/mol. The van der Waals surface area contributed by atoms with Crippen molar-refractivity contribution >= 4 is 17.4 Å². The Labute approximate surface area is 146 Å². The number of amides is 2. The molecule has 25 heavy (non-hydrogen) atoms. The quantitative estimate of drug-likeness (QED) is 0.715. The first-order valence-electron chi connectivity index (χ1n) is 8.16. The second-order valence-corrected chi connectivity index (χ2v) is 6.06. The minimum absolute atomic E-state index is 0.00568. The zero-order valence-electron chi connectivity index (χ0n) is 14.7. The molecule has 6 nitrogen and oxygen atoms in total. The molecule has 0 aromatic heterocycles. The Balaban J connectivity index is 2.35. The Hall–Kier alpha value is -2.25. The monoisotopic (exact) mass is 350 g/mol. The Morgan fingerprint density at radius 1 is 1.20 bits per heavy atom. The van der Waals surface area contributed by atoms with E-state index in [4.69, 9.17) is 9.84 Å². The average molecular weight is 350 g/mol. The van der Waals surface area contributed by atoms with Gasteiger partial charge in [0.1, 0.15) is 11.5 Å². The molecule has 1 aromatic rings. The molecule has 7 heteroatoms. The summed E-state index contributed by atoms with van der Waals surface area (Å²) in [6.07, 6.45) is -0.00568. The van der Waals surface area contributed by atoms with Crippen LogP contribution in [-0.2, 0) is 14.3 Å². The minimum Gasteiger partial charge on any atom is -0.395 e. The topological polar surface area (TPSA) is 70.1 Å². The third-order valence-electron chi connectivity index (χ3n) is 3.86. The van der Waals surface area contributed by atoms with E-state index in [1.165, 1.54) is 24.3 Å². The fraction of sp³-hybridized carbons (Fsp3) is 0.444. The van der Waals surface area contributed by atoms with Crippen LogP contribution in [0, 0.1) is 5.82 Å². The van der Waals surface area contributed by atoms with Crippen molar-refractivity contribution in [2.24, 2.45) is 0 Å². The Morgan fingerprint density at radius 3 is 2.40 bits per heavy atom. The van der Waals surface area contributed by atoms with Gasteiger partial charge < -0.3 is 14.7 Å². The normalized spacial score (nSPS) is 14.9. The molecular formula is C18H23FN2O4. The third kappa shape index (κ3) is 4.24. The van der Waals surface area contributed by atoms with Gasteiger partial charge in [0.25, 0.3) is 11.8 Å². The van der Waals surface area contributed by atoms with Crippen molar-refractivity contribution in [2.75, 3.05) is 33.4 Å². The summed E-state index contributed by atoms with van der Waals surface area (Å²) in [5.41, 5.74) is 0.882. The number of imide groups is 1. The fourth-order valence-electron chi connectivity index (χ4n) is 2.64. The highest BCUT2D eigenvalue weighted by molar-refractivity contribution is 6.35. The molecule has 1 aliphatic rings. The number of rotatable bonds is 8. The van der Waals surface area contributed by atoms with Crippen LogP contribution in [0.3, 0.4) is 0 Å². The van der Waals surface area contributed by atoms with Crippen LogP contribution in [0.15, 0.2) is 30.0 Å². The summed E-state index contributed by atoms with van der Waals surface area (Å²) in [5.74, 6) is -1.30. The van der Waals surface area contributed by atoms with Crippen molar-refractivity contribution in [3.8, 4) is 0 Å². The van der Waals surface area contributed by atoms with Crippen LogP contribution in [0.4, 0.5) is 4.39 Å². The van der Waals surface area contributed by atoms with E-state index in [1.54, 1.807) is 11.9 Å². The molecule has 2 amide bonds. The van der Waals surface area contributed by atoms with Crippen molar-refractivity contribution in [1.29, 1.82) is 0 Å². The lowest BCUT2D eigenvalue weighted by Gasteiger charge is -2.20. The van der Waals surface area contributed by atoms with Gasteiger partial charge in [-0.3, -0.25) is 14.5 Å². The maximum absolute atomic E-state index is 13.2. The van der Waals surface area contributed by atoms with Crippen LogP contribution in [-0.4, -0.2) is 66.2 Å². The van der Waals surface area contributed by atoms with E-state index in [1.807, 2.05) is 13.8 Å². The SMILES string of the molecule is CC(C)OCCN1C(=O)C(c2ccc(F)cc2)=C(N(C)CCO)C1=O. The number of likely N-dealkylation sites (N-methyl/N-ethyl adjacent to an activating group) is 1. The Morgan fingerprint density at radius 2 is 1.84 bits per heavy atom. The smallest absolute Gasteiger partial charge is 0.277 e. The second-order valence-electron chi connectivity index (χ2n) is 6.06. The summed E-state index contributed by atoms with van der Waals surface area (Å²) in [5, 5.41) is 9.17. The number of nitrogens with zero attached hydrogens (tertiary/aromatic N) is 2. The third-order valence-corrected chi connectivity index (χ3v) is 3.86. The van der Waals surface area contributed by atoms with Gasteiger partial charge in [-0.1, -0.05) is 12.1 Å². The standard InChI is InChI=1S/C18H23FN2O4/c1-12(2)25-11-9-21-17(23)15(13-4-6-14(19)7-5-13)16(18(21)24)20(3)8-10-22/h4-7,12,22H,8-11H2,1-3H3. The number of ether oxygens (including phenoxy) is 1. The van der Waals surface area contributed by atoms with Gasteiger partial charge in [0, 0.05) is 13.6 Å². The van der Waals surface area contributed by atoms with E-state index < -0.39 is 17.6 Å². The van der Waals surface area contributed by atoms with Crippen molar-refractivity contribution in [1.82, 2.24) is 9.80 Å². The predicted octanol–water partition coefficient (Wildman–Crippen LogP) is 1.25. The van der Waals surface area contributed by atoms with Crippen molar-refractivity contribution < 1.29 is 23.8 Å². The zero-order chi connectivity index (χ0) is 18.6. The van der Waals surface area contributed by atoms with Crippen LogP contribution < -0.4 is 0 Å². The van der Waals surface area contributed by atoms with E-state index in [-0.39, 0.29) is 43.7 Å². The molecule has 1 heterocycles. The van der Waals surface area contributed by atoms with Crippen LogP contribution in [0.5, 0.6) is 0 Å². The maximum atomic E-state index is 13.2. The molecule has 0 aliphatic carbocycles. The number of carbonyl (C=O) groups excluding carboxylic acids is 2. The number of halogens is 1. The molecule has 2 rings (SSSR count). The number of hydrogen-bond acceptors (Lipinski definition) is 5. The summed E-state index contributed by atoms with van der Waals surface area (Å²) in [4.78, 5) is 28.2. The summed E-state index contributed by atoms with van der Waals surface area (Å²) in [6.45, 7) is 4.16. The lowest BCUT2D eigenvalue weighted by molar-refractivity contribution is -0.138. The van der Waals surface area contributed by atoms with E-state index >= 15 is 0 Å². The average Bonchev–Trinajstić information content (AvgIpc) is 2.80. The molecule has 0 bridgehead atoms. The first-order chi connectivity index (χ1) is 11.9. The van der Waals surface area contributed by atoms with Crippen molar-refractivity contribution in [3.05, 3.63) is 41.3 Å². The number of benzene rings is 1. The molecule has 0 saturated carbocycles. The van der Waals surface area contributed by atoms with Gasteiger partial charge in [0.2, 0.25) is 0 Å². The fourth-order valence-corrected chi connectivity index (χ4v) is 2.64. The molecule has 0 atom stereocenters. The zero-order valence-corrected chi connectivity index (χ0v) is 14.7. The van der Waals surface area contributed by atoms with Gasteiger partial charge in [0.15, 0.2) is 0 Å². The van der Waals surface area contributed by atoms with E-state index in [9.17, 15) is 14.0 Å². The van der Waals surface area contributed by atoms with E-state index in [0.29, 0.717) is 5.56 Å². The summed E-state index contributed by atoms with van der Waals surface area (Å²) in [7, 11) is 1.63. The summed E-state index contributed by atoms with van der Waals surface area (Å²) in [6, 6.07) is 5.43. The van der Waals surface area contributed by atoms with Crippen LogP contribution in [0.1, 0.15) is 19.4 Å². The van der Waals surface area contributed by atoms with Gasteiger partial charge in [-0.15, -0.1) is 0 Å². The Kier molecular flexibility index (Phi) is 6.27. The molecule has 1 aromatic carbocycles. The molecular weight excluding hydrogens is 327 g/mol. The maximum Gasteiger partial charge on any atom is 0.277 e.